The second kappa shape index (κ2) is 9.81. The molecule has 0 bridgehead atoms. The second-order valence-electron chi connectivity index (χ2n) is 9.42. The van der Waals surface area contributed by atoms with Crippen molar-refractivity contribution in [1.82, 2.24) is 24.8 Å². The highest BCUT2D eigenvalue weighted by Crippen LogP contribution is 2.39. The van der Waals surface area contributed by atoms with Gasteiger partial charge in [-0.3, -0.25) is 19.4 Å². The summed E-state index contributed by atoms with van der Waals surface area (Å²) in [4.78, 5) is 47.2. The normalized spacial score (nSPS) is 17.4. The van der Waals surface area contributed by atoms with Gasteiger partial charge >= 0.3 is 0 Å². The molecule has 2 atom stereocenters. The van der Waals surface area contributed by atoms with Crippen molar-refractivity contribution in [2.24, 2.45) is 0 Å². The zero-order chi connectivity index (χ0) is 25.2. The maximum absolute atomic E-state index is 13.1. The van der Waals surface area contributed by atoms with E-state index in [2.05, 4.69) is 27.4 Å². The first kappa shape index (κ1) is 23.5. The van der Waals surface area contributed by atoms with E-state index in [1.165, 1.54) is 4.57 Å². The van der Waals surface area contributed by atoms with Gasteiger partial charge in [-0.1, -0.05) is 30.3 Å². The molecule has 184 valence electrons. The molecule has 8 heteroatoms. The van der Waals surface area contributed by atoms with Gasteiger partial charge in [0.25, 0.3) is 5.56 Å². The highest BCUT2D eigenvalue weighted by atomic mass is 16.2. The Morgan fingerprint density at radius 1 is 1.06 bits per heavy atom. The van der Waals surface area contributed by atoms with Crippen LogP contribution in [0.25, 0.3) is 10.9 Å². The fourth-order valence-electron chi connectivity index (χ4n) is 5.09. The summed E-state index contributed by atoms with van der Waals surface area (Å²) in [5, 5.41) is 3.89. The van der Waals surface area contributed by atoms with Gasteiger partial charge in [0, 0.05) is 55.2 Å². The van der Waals surface area contributed by atoms with Gasteiger partial charge in [-0.05, 0) is 36.2 Å². The minimum Gasteiger partial charge on any atom is -0.360 e. The average molecular weight is 484 g/mol. The molecule has 0 aliphatic carbocycles. The molecule has 0 unspecified atom stereocenters. The van der Waals surface area contributed by atoms with E-state index in [1.807, 2.05) is 54.4 Å². The topological polar surface area (TPSA) is 100 Å². The van der Waals surface area contributed by atoms with Gasteiger partial charge in [0.05, 0.1) is 24.0 Å². The third kappa shape index (κ3) is 4.79. The van der Waals surface area contributed by atoms with Crippen LogP contribution in [0.15, 0.2) is 71.8 Å². The molecule has 3 aromatic heterocycles. The minimum absolute atomic E-state index is 0.0144. The van der Waals surface area contributed by atoms with E-state index in [-0.39, 0.29) is 42.3 Å². The number of nitrogens with one attached hydrogen (secondary N) is 2. The minimum atomic E-state index is -0.255. The summed E-state index contributed by atoms with van der Waals surface area (Å²) in [6.07, 6.45) is 3.59. The third-order valence-electron chi connectivity index (χ3n) is 7.04. The first-order chi connectivity index (χ1) is 17.4. The van der Waals surface area contributed by atoms with Crippen LogP contribution in [0, 0.1) is 6.92 Å². The van der Waals surface area contributed by atoms with Crippen LogP contribution in [0.2, 0.25) is 0 Å². The van der Waals surface area contributed by atoms with Gasteiger partial charge in [-0.25, -0.2) is 0 Å². The van der Waals surface area contributed by atoms with Crippen molar-refractivity contribution in [3.05, 3.63) is 99.9 Å². The van der Waals surface area contributed by atoms with Gasteiger partial charge in [-0.15, -0.1) is 0 Å². The van der Waals surface area contributed by atoms with E-state index < -0.39 is 0 Å². The number of rotatable bonds is 6. The Kier molecular flexibility index (Phi) is 6.41. The molecule has 1 aliphatic rings. The Labute approximate surface area is 209 Å². The van der Waals surface area contributed by atoms with Crippen molar-refractivity contribution in [3.8, 4) is 0 Å². The molecule has 2 amide bonds. The van der Waals surface area contributed by atoms with Crippen LogP contribution < -0.4 is 10.9 Å². The van der Waals surface area contributed by atoms with Gasteiger partial charge in [-0.2, -0.15) is 0 Å². The number of amides is 2. The molecule has 5 rings (SSSR count). The Morgan fingerprint density at radius 2 is 1.81 bits per heavy atom. The maximum Gasteiger partial charge on any atom is 0.251 e. The average Bonchev–Trinajstić information content (AvgIpc) is 3.53. The van der Waals surface area contributed by atoms with E-state index in [0.29, 0.717) is 18.8 Å². The molecule has 8 nitrogen and oxygen atoms in total. The molecule has 1 saturated heterocycles. The van der Waals surface area contributed by atoms with Crippen molar-refractivity contribution >= 4 is 22.7 Å². The number of aromatic amines is 1. The zero-order valence-corrected chi connectivity index (χ0v) is 20.4. The number of likely N-dealkylation sites (tertiary alicyclic amines) is 1. The molecular weight excluding hydrogens is 454 g/mol. The fourth-order valence-corrected chi connectivity index (χ4v) is 5.09. The van der Waals surface area contributed by atoms with Gasteiger partial charge in [0.1, 0.15) is 6.54 Å². The van der Waals surface area contributed by atoms with Crippen molar-refractivity contribution in [2.75, 3.05) is 13.1 Å². The lowest BCUT2D eigenvalue weighted by Gasteiger charge is -2.20. The summed E-state index contributed by atoms with van der Waals surface area (Å²) in [6, 6.07) is 17.6. The van der Waals surface area contributed by atoms with Gasteiger partial charge in [0.15, 0.2) is 0 Å². The molecule has 2 N–H and O–H groups in total. The van der Waals surface area contributed by atoms with E-state index in [0.717, 1.165) is 27.7 Å². The highest BCUT2D eigenvalue weighted by molar-refractivity contribution is 5.79. The number of fused-ring (bicyclic) bond motifs is 1. The summed E-state index contributed by atoms with van der Waals surface area (Å²) in [7, 11) is 0. The van der Waals surface area contributed by atoms with Crippen LogP contribution in [-0.4, -0.2) is 44.3 Å². The van der Waals surface area contributed by atoms with Crippen LogP contribution in [-0.2, 0) is 22.7 Å². The number of H-pyrrole nitrogens is 1. The predicted molar refractivity (Wildman–Crippen MR) is 138 cm³/mol. The summed E-state index contributed by atoms with van der Waals surface area (Å²) in [5.74, 6) is -0.0986. The summed E-state index contributed by atoms with van der Waals surface area (Å²) in [5.41, 5.74) is 4.23. The van der Waals surface area contributed by atoms with Crippen LogP contribution >= 0.6 is 0 Å². The number of carbonyl (C=O) groups excluding carboxylic acids is 2. The second-order valence-corrected chi connectivity index (χ2v) is 9.42. The summed E-state index contributed by atoms with van der Waals surface area (Å²) >= 11 is 0. The van der Waals surface area contributed by atoms with Gasteiger partial charge < -0.3 is 19.8 Å². The lowest BCUT2D eigenvalue weighted by atomic mass is 9.84. The fraction of sp³-hybridized carbons (Fsp3) is 0.286. The molecule has 1 aromatic carbocycles. The highest BCUT2D eigenvalue weighted by Gasteiger charge is 2.36. The number of aromatic nitrogens is 3. The smallest absolute Gasteiger partial charge is 0.251 e. The first-order valence-electron chi connectivity index (χ1n) is 12.1. The number of aryl methyl sites for hydroxylation is 1. The standard InChI is InChI=1S/C28H29N5O3/c1-18-10-22(25-16-32(19(2)34)15-24(25)20-6-4-3-5-7-20)12-28(36)33(18)17-27(35)31-13-23-11-21-8-9-29-26(21)14-30-23/h3-12,14,24-25,29H,13,15-17H2,1-2H3,(H,31,35)/t24-,25+/m0/s1. The van der Waals surface area contributed by atoms with Crippen LogP contribution in [0.3, 0.4) is 0 Å². The van der Waals surface area contributed by atoms with Gasteiger partial charge in [0.2, 0.25) is 11.8 Å². The lowest BCUT2D eigenvalue weighted by Crippen LogP contribution is -2.33. The number of pyridine rings is 2. The van der Waals surface area contributed by atoms with Crippen molar-refractivity contribution in [1.29, 1.82) is 0 Å². The number of hydrogen-bond donors (Lipinski definition) is 2. The summed E-state index contributed by atoms with van der Waals surface area (Å²) in [6.45, 7) is 4.83. The lowest BCUT2D eigenvalue weighted by molar-refractivity contribution is -0.127. The molecule has 4 heterocycles. The van der Waals surface area contributed by atoms with E-state index in [4.69, 9.17) is 0 Å². The molecular formula is C28H29N5O3. The number of benzene rings is 1. The summed E-state index contributed by atoms with van der Waals surface area (Å²) < 4.78 is 1.48. The number of nitrogens with zero attached hydrogens (tertiary/aromatic N) is 3. The monoisotopic (exact) mass is 483 g/mol. The van der Waals surface area contributed by atoms with Crippen molar-refractivity contribution in [2.45, 2.75) is 38.8 Å². The Bertz CT molecular complexity index is 1470. The Morgan fingerprint density at radius 3 is 2.53 bits per heavy atom. The molecule has 0 radical (unpaired) electrons. The molecule has 1 fully saturated rings. The largest absolute Gasteiger partial charge is 0.360 e. The van der Waals surface area contributed by atoms with Crippen LogP contribution in [0.1, 0.15) is 41.3 Å². The van der Waals surface area contributed by atoms with E-state index in [9.17, 15) is 14.4 Å². The quantitative estimate of drug-likeness (QED) is 0.440. The van der Waals surface area contributed by atoms with Crippen LogP contribution in [0.5, 0.6) is 0 Å². The number of carbonyl (C=O) groups is 2. The van der Waals surface area contributed by atoms with E-state index >= 15 is 0 Å². The number of hydrogen-bond acceptors (Lipinski definition) is 4. The SMILES string of the molecule is CC(=O)N1C[C@H](c2cc(C)n(CC(=O)NCc3cc4cc[nH]c4cn3)c(=O)c2)[C@H](c2ccccc2)C1. The maximum atomic E-state index is 13.1. The predicted octanol–water partition coefficient (Wildman–Crippen LogP) is 3.08. The molecule has 4 aromatic rings. The van der Waals surface area contributed by atoms with Crippen molar-refractivity contribution < 1.29 is 9.59 Å². The molecule has 0 spiro atoms. The molecule has 36 heavy (non-hydrogen) atoms. The zero-order valence-electron chi connectivity index (χ0n) is 20.4. The Balaban J connectivity index is 1.32. The van der Waals surface area contributed by atoms with Crippen molar-refractivity contribution in [3.63, 3.8) is 0 Å². The third-order valence-corrected chi connectivity index (χ3v) is 7.04. The van der Waals surface area contributed by atoms with Crippen LogP contribution in [0.4, 0.5) is 0 Å². The first-order valence-corrected chi connectivity index (χ1v) is 12.1. The van der Waals surface area contributed by atoms with E-state index in [1.54, 1.807) is 19.2 Å². The molecule has 1 aliphatic heterocycles. The molecule has 0 saturated carbocycles. The Hall–Kier alpha value is -4.20.